The molecule has 4 atom stereocenters. The van der Waals surface area contributed by atoms with Crippen molar-refractivity contribution in [1.29, 1.82) is 0 Å². The molecular weight excluding hydrogens is 1790 g/mol. The lowest BCUT2D eigenvalue weighted by Crippen LogP contribution is -2.49. The highest BCUT2D eigenvalue weighted by Gasteiger charge is 2.29. The van der Waals surface area contributed by atoms with Crippen molar-refractivity contribution < 1.29 is 44.7 Å². The Kier molecular flexibility index (Phi) is 27.4. The lowest BCUT2D eigenvalue weighted by molar-refractivity contribution is 0.0914. The minimum atomic E-state index is -1.48. The highest BCUT2D eigenvalue weighted by atomic mass is 32.1. The van der Waals surface area contributed by atoms with E-state index in [9.17, 15) is 44.7 Å². The molecule has 12 heterocycles. The van der Waals surface area contributed by atoms with Crippen molar-refractivity contribution in [3.8, 4) is 112 Å². The maximum atomic E-state index is 14.3. The van der Waals surface area contributed by atoms with Crippen LogP contribution in [0.2, 0.25) is 0 Å². The van der Waals surface area contributed by atoms with Gasteiger partial charge in [-0.15, -0.1) is 34.0 Å². The number of amides is 2. The molecule has 2 fully saturated rings. The third-order valence-corrected chi connectivity index (χ3v) is 26.4. The fourth-order valence-corrected chi connectivity index (χ4v) is 19.1. The van der Waals surface area contributed by atoms with Crippen molar-refractivity contribution >= 4 is 87.5 Å². The van der Waals surface area contributed by atoms with E-state index in [0.29, 0.717) is 61.5 Å². The van der Waals surface area contributed by atoms with Crippen molar-refractivity contribution in [2.75, 3.05) is 0 Å². The molecule has 22 rings (SSSR count). The lowest BCUT2D eigenvalue weighted by atomic mass is 9.91. The van der Waals surface area contributed by atoms with Gasteiger partial charge in [0.05, 0.1) is 110 Å². The third kappa shape index (κ3) is 20.1. The smallest absolute Gasteiger partial charge is 0.255 e. The second-order valence-corrected chi connectivity index (χ2v) is 35.7. The van der Waals surface area contributed by atoms with Gasteiger partial charge in [0.2, 0.25) is 0 Å². The molecule has 20 aromatic rings. The maximum Gasteiger partial charge on any atom is 0.255 e. The first kappa shape index (κ1) is 91.4. The highest BCUT2D eigenvalue weighted by Crippen LogP contribution is 2.41. The zero-order valence-corrected chi connectivity index (χ0v) is 75.8. The Balaban J connectivity index is 0.000000114. The Bertz CT molecular complexity index is 7630. The monoisotopic (exact) mass is 1870 g/mol. The van der Waals surface area contributed by atoms with Crippen LogP contribution in [0.15, 0.2) is 297 Å². The third-order valence-electron chi connectivity index (χ3n) is 24.1. The summed E-state index contributed by atoms with van der Waals surface area (Å²) in [7, 11) is 0. The number of aromatic nitrogens is 12. The maximum absolute atomic E-state index is 14.3. The van der Waals surface area contributed by atoms with Crippen LogP contribution in [0, 0.1) is 67.3 Å². The van der Waals surface area contributed by atoms with Crippen LogP contribution in [0.1, 0.15) is 88.8 Å². The summed E-state index contributed by atoms with van der Waals surface area (Å²) < 4.78 is 116. The number of aryl methyl sites for hydroxylation is 3. The Morgan fingerprint density at radius 3 is 1.12 bits per heavy atom. The van der Waals surface area contributed by atoms with Crippen molar-refractivity contribution in [2.45, 2.75) is 96.3 Å². The summed E-state index contributed by atoms with van der Waals surface area (Å²) in [4.78, 5) is 61.1. The molecule has 2 aliphatic carbocycles. The van der Waals surface area contributed by atoms with Crippen LogP contribution in [0.25, 0.3) is 154 Å². The van der Waals surface area contributed by atoms with Gasteiger partial charge < -0.3 is 22.1 Å². The van der Waals surface area contributed by atoms with Crippen molar-refractivity contribution in [2.24, 2.45) is 11.5 Å². The molecule has 2 aliphatic rings. The van der Waals surface area contributed by atoms with Gasteiger partial charge in [-0.05, 0) is 249 Å². The van der Waals surface area contributed by atoms with E-state index < -0.39 is 29.1 Å². The molecule has 0 bridgehead atoms. The molecule has 12 aromatic heterocycles. The molecule has 0 aliphatic heterocycles. The average molecular weight is 1870 g/mol. The van der Waals surface area contributed by atoms with E-state index in [4.69, 9.17) is 11.5 Å². The Labute approximate surface area is 787 Å². The summed E-state index contributed by atoms with van der Waals surface area (Å²) >= 11 is 4.65. The van der Waals surface area contributed by atoms with E-state index in [1.54, 1.807) is 136 Å². The number of hydrogen-bond acceptors (Lipinski definition) is 17. The van der Waals surface area contributed by atoms with Crippen molar-refractivity contribution in [3.63, 3.8) is 0 Å². The van der Waals surface area contributed by atoms with Crippen LogP contribution < -0.4 is 22.1 Å². The largest absolute Gasteiger partial charge is 0.348 e. The first-order valence-electron chi connectivity index (χ1n) is 43.8. The first-order valence-corrected chi connectivity index (χ1v) is 46.5. The predicted molar refractivity (Wildman–Crippen MR) is 522 cm³/mol. The van der Waals surface area contributed by atoms with Gasteiger partial charge in [0.25, 0.3) is 11.8 Å². The number of carbonyl (C=O) groups is 2. The van der Waals surface area contributed by atoms with Crippen LogP contribution in [-0.4, -0.2) is 95.1 Å². The van der Waals surface area contributed by atoms with Gasteiger partial charge in [-0.25, -0.2) is 59.1 Å². The van der Waals surface area contributed by atoms with E-state index in [-0.39, 0.29) is 64.6 Å². The van der Waals surface area contributed by atoms with Gasteiger partial charge in [0, 0.05) is 129 Å². The molecule has 8 aromatic carbocycles. The topological polar surface area (TPSA) is 248 Å². The molecule has 18 nitrogen and oxygen atoms in total. The van der Waals surface area contributed by atoms with Gasteiger partial charge in [-0.1, -0.05) is 85.8 Å². The number of benzene rings is 8. The second-order valence-electron chi connectivity index (χ2n) is 33.1. The Hall–Kier alpha value is -15.1. The Morgan fingerprint density at radius 2 is 0.713 bits per heavy atom. The van der Waals surface area contributed by atoms with Gasteiger partial charge in [0.1, 0.15) is 29.1 Å². The van der Waals surface area contributed by atoms with E-state index >= 15 is 0 Å². The fourth-order valence-electron chi connectivity index (χ4n) is 17.0. The summed E-state index contributed by atoms with van der Waals surface area (Å²) in [5.74, 6) is -6.25. The second kappa shape index (κ2) is 40.7. The summed E-state index contributed by atoms with van der Waals surface area (Å²) in [6.07, 6.45) is 23.1. The van der Waals surface area contributed by atoms with Crippen molar-refractivity contribution in [3.05, 3.63) is 371 Å². The number of nitrogens with two attached hydrogens (primary N) is 2. The molecule has 678 valence electrons. The molecule has 0 spiro atoms. The molecule has 136 heavy (non-hydrogen) atoms. The number of halogens is 8. The Morgan fingerprint density at radius 1 is 0.338 bits per heavy atom. The van der Waals surface area contributed by atoms with Gasteiger partial charge in [-0.2, -0.15) is 10.2 Å². The van der Waals surface area contributed by atoms with Gasteiger partial charge in [-0.3, -0.25) is 34.5 Å². The standard InChI is InChI=1S/2C26H26FN5O.C19H13FN2S.C18H9F3N2S.C18H10F2N2S/c2*1-16-13-18(8-9-21(16)27)25-19(5-4-11-29-25)17-10-12-32-24(14-17)20(15-30-32)26(33)31-23-7-3-2-6-22(23)28;1-12-4-6-16(20)15(9-12)19-14(3-2-8-21-19)13-5-7-17-18(10-13)23-11-22-17;19-13-6-11(7-14(20)17(13)21)18-12(2-1-5-22-18)10-3-4-15-16(8-10)24-9-23-15;19-12-4-5-14(15(20)9-12)18-13(2-1-7-21-18)11-3-6-16-17(8-11)23-10-22-16/h2*4-5,8-15,22-23H,2-3,6-7,28H2,1H3,(H,31,33);2-11H,1H3;1-9H;1-10H/t2*22-,23-;;;/m10.../s1. The number of nitrogens with one attached hydrogen (secondary N) is 2. The molecule has 6 N–H and O–H groups in total. The molecule has 29 heteroatoms. The predicted octanol–water partition coefficient (Wildman–Crippen LogP) is 25.2. The van der Waals surface area contributed by atoms with Crippen LogP contribution in [0.3, 0.4) is 0 Å². The van der Waals surface area contributed by atoms with Crippen molar-refractivity contribution in [1.82, 2.24) is 69.7 Å². The summed E-state index contributed by atoms with van der Waals surface area (Å²) in [6, 6.07) is 64.7. The minimum absolute atomic E-state index is 0.0165. The van der Waals surface area contributed by atoms with Gasteiger partial charge in [0.15, 0.2) is 17.5 Å². The van der Waals surface area contributed by atoms with E-state index in [1.165, 1.54) is 47.9 Å². The molecule has 2 saturated carbocycles. The summed E-state index contributed by atoms with van der Waals surface area (Å²) in [6.45, 7) is 5.43. The van der Waals surface area contributed by atoms with Gasteiger partial charge >= 0.3 is 0 Å². The molecule has 2 amide bonds. The van der Waals surface area contributed by atoms with Crippen LogP contribution in [0.5, 0.6) is 0 Å². The molecule has 0 unspecified atom stereocenters. The van der Waals surface area contributed by atoms with E-state index in [2.05, 4.69) is 66.8 Å². The number of fused-ring (bicyclic) bond motifs is 5. The minimum Gasteiger partial charge on any atom is -0.348 e. The van der Waals surface area contributed by atoms with Crippen LogP contribution >= 0.6 is 34.0 Å². The lowest BCUT2D eigenvalue weighted by Gasteiger charge is -2.29. The number of hydrogen-bond donors (Lipinski definition) is 4. The first-order chi connectivity index (χ1) is 66.1. The zero-order valence-electron chi connectivity index (χ0n) is 73.3. The number of rotatable bonds is 14. The average Bonchev–Trinajstić information content (AvgIpc) is 1.47. The number of carbonyl (C=O) groups excluding carboxylic acids is 2. The highest BCUT2D eigenvalue weighted by molar-refractivity contribution is 7.17. The number of nitrogens with zero attached hydrogens (tertiary/aromatic N) is 12. The van der Waals surface area contributed by atoms with Crippen LogP contribution in [0.4, 0.5) is 35.1 Å². The SMILES string of the molecule is Cc1cc(-c2ncccc2-c2ccn3ncc(C(=O)N[C@@H]4CCCC[C@H]4N)c3c2)ccc1F.Cc1cc(-c2ncccc2-c2ccn3ncc(C(=O)N[C@H]4CCCC[C@@H]4N)c3c2)ccc1F.Cc1ccc(F)c(-c2ncccc2-c2ccc3ncsc3c2)c1.Fc1cc(-c2ncccc2-c2ccc3ncsc3c2)cc(F)c1F.Fc1ccc(-c2ncccc2-c2ccc3ncsc3c2)c(F)c1. The fraction of sp³-hybridized carbons (Fsp3) is 0.140. The van der Waals surface area contributed by atoms with E-state index in [0.717, 1.165) is 178 Å². The van der Waals surface area contributed by atoms with Crippen LogP contribution in [-0.2, 0) is 0 Å². The summed E-state index contributed by atoms with van der Waals surface area (Å²) in [5.41, 5.74) is 39.7. The van der Waals surface area contributed by atoms with E-state index in [1.807, 2.05) is 152 Å². The molecule has 0 radical (unpaired) electrons. The normalized spacial score (nSPS) is 14.6. The molecular formula is C107H84F8N16O2S3. The zero-order chi connectivity index (χ0) is 94.2. The number of thiazole rings is 3. The molecule has 0 saturated heterocycles. The summed E-state index contributed by atoms with van der Waals surface area (Å²) in [5, 5.41) is 14.9. The number of pyridine rings is 7. The quantitative estimate of drug-likeness (QED) is 0.0584.